The molecule has 0 amide bonds. The van der Waals surface area contributed by atoms with Crippen molar-refractivity contribution in [1.29, 1.82) is 0 Å². The zero-order valence-electron chi connectivity index (χ0n) is 11.5. The third-order valence-electron chi connectivity index (χ3n) is 2.75. The van der Waals surface area contributed by atoms with Crippen molar-refractivity contribution in [3.05, 3.63) is 22.1 Å². The second kappa shape index (κ2) is 5.48. The average Bonchev–Trinajstić information content (AvgIpc) is 2.87. The monoisotopic (exact) mass is 279 g/mol. The van der Waals surface area contributed by atoms with Crippen LogP contribution in [0.1, 0.15) is 32.4 Å². The maximum atomic E-state index is 12.3. The molecule has 0 radical (unpaired) electrons. The first-order chi connectivity index (χ1) is 9.06. The molecule has 102 valence electrons. The summed E-state index contributed by atoms with van der Waals surface area (Å²) in [5.41, 5.74) is 1.34. The highest BCUT2D eigenvalue weighted by Crippen LogP contribution is 2.25. The van der Waals surface area contributed by atoms with E-state index in [1.807, 2.05) is 13.0 Å². The van der Waals surface area contributed by atoms with Crippen LogP contribution in [0.3, 0.4) is 0 Å². The summed E-state index contributed by atoms with van der Waals surface area (Å²) in [5, 5.41) is 16.6. The van der Waals surface area contributed by atoms with E-state index in [9.17, 15) is 4.79 Å². The molecule has 0 atom stereocenters. The Morgan fingerprint density at radius 2 is 2.16 bits per heavy atom. The SMILES string of the molecule is CCn1nc(C(C)C)cc(-c2nnc(NC)s2)c1=O. The Kier molecular flexibility index (Phi) is 3.94. The molecule has 0 aliphatic carbocycles. The van der Waals surface area contributed by atoms with Gasteiger partial charge in [-0.05, 0) is 18.9 Å². The highest BCUT2D eigenvalue weighted by Gasteiger charge is 2.15. The van der Waals surface area contributed by atoms with E-state index < -0.39 is 0 Å². The minimum atomic E-state index is -0.120. The Morgan fingerprint density at radius 3 is 2.68 bits per heavy atom. The molecule has 2 rings (SSSR count). The number of rotatable bonds is 4. The molecule has 0 aliphatic heterocycles. The lowest BCUT2D eigenvalue weighted by molar-refractivity contribution is 0.587. The molecule has 0 saturated carbocycles. The number of hydrogen-bond acceptors (Lipinski definition) is 6. The summed E-state index contributed by atoms with van der Waals surface area (Å²) >= 11 is 1.37. The van der Waals surface area contributed by atoms with Crippen LogP contribution < -0.4 is 10.9 Å². The molecular formula is C12H17N5OS. The van der Waals surface area contributed by atoms with Gasteiger partial charge in [-0.2, -0.15) is 5.10 Å². The van der Waals surface area contributed by atoms with E-state index in [0.29, 0.717) is 22.2 Å². The Balaban J connectivity index is 2.61. The third kappa shape index (κ3) is 2.65. The predicted molar refractivity (Wildman–Crippen MR) is 76.7 cm³/mol. The molecule has 0 spiro atoms. The first-order valence-electron chi connectivity index (χ1n) is 6.20. The Bertz CT molecular complexity index is 631. The highest BCUT2D eigenvalue weighted by atomic mass is 32.1. The minimum Gasteiger partial charge on any atom is -0.363 e. The number of hydrogen-bond donors (Lipinski definition) is 1. The number of aromatic nitrogens is 4. The molecule has 2 aromatic rings. The molecule has 2 heterocycles. The number of aryl methyl sites for hydroxylation is 1. The highest BCUT2D eigenvalue weighted by molar-refractivity contribution is 7.18. The first-order valence-corrected chi connectivity index (χ1v) is 7.02. The molecule has 6 nitrogen and oxygen atoms in total. The zero-order valence-corrected chi connectivity index (χ0v) is 12.3. The van der Waals surface area contributed by atoms with Crippen molar-refractivity contribution in [2.24, 2.45) is 0 Å². The van der Waals surface area contributed by atoms with Crippen molar-refractivity contribution in [3.63, 3.8) is 0 Å². The van der Waals surface area contributed by atoms with Crippen LogP contribution in [0.15, 0.2) is 10.9 Å². The van der Waals surface area contributed by atoms with Gasteiger partial charge in [0, 0.05) is 13.6 Å². The smallest absolute Gasteiger partial charge is 0.277 e. The number of nitrogens with one attached hydrogen (secondary N) is 1. The Morgan fingerprint density at radius 1 is 1.42 bits per heavy atom. The first kappa shape index (κ1) is 13.7. The summed E-state index contributed by atoms with van der Waals surface area (Å²) in [7, 11) is 1.78. The minimum absolute atomic E-state index is 0.120. The molecule has 0 bridgehead atoms. The normalized spacial score (nSPS) is 11.0. The fourth-order valence-electron chi connectivity index (χ4n) is 1.65. The van der Waals surface area contributed by atoms with Gasteiger partial charge in [-0.15, -0.1) is 10.2 Å². The van der Waals surface area contributed by atoms with Crippen molar-refractivity contribution in [1.82, 2.24) is 20.0 Å². The van der Waals surface area contributed by atoms with Gasteiger partial charge in [0.25, 0.3) is 5.56 Å². The van der Waals surface area contributed by atoms with E-state index in [1.165, 1.54) is 16.0 Å². The summed E-state index contributed by atoms with van der Waals surface area (Å²) in [4.78, 5) is 12.3. The van der Waals surface area contributed by atoms with Crippen LogP contribution in [0, 0.1) is 0 Å². The Labute approximate surface area is 115 Å². The van der Waals surface area contributed by atoms with Crippen LogP contribution in [0.4, 0.5) is 5.13 Å². The second-order valence-corrected chi connectivity index (χ2v) is 5.40. The number of anilines is 1. The van der Waals surface area contributed by atoms with Crippen LogP contribution in [-0.4, -0.2) is 27.0 Å². The van der Waals surface area contributed by atoms with Crippen LogP contribution in [0.2, 0.25) is 0 Å². The molecule has 0 aromatic carbocycles. The van der Waals surface area contributed by atoms with Gasteiger partial charge >= 0.3 is 0 Å². The van der Waals surface area contributed by atoms with E-state index in [2.05, 4.69) is 34.5 Å². The topological polar surface area (TPSA) is 72.7 Å². The van der Waals surface area contributed by atoms with Crippen molar-refractivity contribution < 1.29 is 0 Å². The lowest BCUT2D eigenvalue weighted by atomic mass is 10.1. The molecule has 1 N–H and O–H groups in total. The fourth-order valence-corrected chi connectivity index (χ4v) is 2.35. The van der Waals surface area contributed by atoms with Crippen molar-refractivity contribution in [2.75, 3.05) is 12.4 Å². The maximum absolute atomic E-state index is 12.3. The second-order valence-electron chi connectivity index (χ2n) is 4.42. The molecule has 0 fully saturated rings. The summed E-state index contributed by atoms with van der Waals surface area (Å²) in [6.07, 6.45) is 0. The van der Waals surface area contributed by atoms with Crippen LogP contribution >= 0.6 is 11.3 Å². The summed E-state index contributed by atoms with van der Waals surface area (Å²) in [6.45, 7) is 6.55. The molecule has 0 aliphatic rings. The van der Waals surface area contributed by atoms with Crippen LogP contribution in [-0.2, 0) is 6.54 Å². The van der Waals surface area contributed by atoms with Gasteiger partial charge in [0.15, 0.2) is 5.01 Å². The summed E-state index contributed by atoms with van der Waals surface area (Å²) < 4.78 is 1.48. The lowest BCUT2D eigenvalue weighted by Gasteiger charge is -2.09. The molecule has 19 heavy (non-hydrogen) atoms. The van der Waals surface area contributed by atoms with Crippen molar-refractivity contribution in [3.8, 4) is 10.6 Å². The average molecular weight is 279 g/mol. The number of nitrogens with zero attached hydrogens (tertiary/aromatic N) is 4. The van der Waals surface area contributed by atoms with E-state index in [0.717, 1.165) is 5.69 Å². The third-order valence-corrected chi connectivity index (χ3v) is 3.73. The fraction of sp³-hybridized carbons (Fsp3) is 0.500. The van der Waals surface area contributed by atoms with Gasteiger partial charge in [-0.3, -0.25) is 4.79 Å². The maximum Gasteiger partial charge on any atom is 0.277 e. The summed E-state index contributed by atoms with van der Waals surface area (Å²) in [6, 6.07) is 1.82. The van der Waals surface area contributed by atoms with E-state index in [-0.39, 0.29) is 11.5 Å². The van der Waals surface area contributed by atoms with E-state index >= 15 is 0 Å². The Hall–Kier alpha value is -1.76. The predicted octanol–water partition coefficient (Wildman–Crippen LogP) is 1.95. The lowest BCUT2D eigenvalue weighted by Crippen LogP contribution is -2.25. The molecule has 0 saturated heterocycles. The standard InChI is InChI=1S/C12H17N5OS/c1-5-17-11(18)8(6-9(16-17)7(2)3)10-14-15-12(13-4)19-10/h6-7H,5H2,1-4H3,(H,13,15). The van der Waals surface area contributed by atoms with Crippen molar-refractivity contribution in [2.45, 2.75) is 33.2 Å². The van der Waals surface area contributed by atoms with E-state index in [1.54, 1.807) is 7.05 Å². The molecule has 0 unspecified atom stereocenters. The van der Waals surface area contributed by atoms with Crippen LogP contribution in [0.25, 0.3) is 10.6 Å². The quantitative estimate of drug-likeness (QED) is 0.926. The van der Waals surface area contributed by atoms with Gasteiger partial charge in [0.2, 0.25) is 5.13 Å². The van der Waals surface area contributed by atoms with Crippen molar-refractivity contribution >= 4 is 16.5 Å². The zero-order chi connectivity index (χ0) is 14.0. The van der Waals surface area contributed by atoms with Gasteiger partial charge in [-0.25, -0.2) is 4.68 Å². The van der Waals surface area contributed by atoms with Gasteiger partial charge in [0.05, 0.1) is 11.3 Å². The van der Waals surface area contributed by atoms with Gasteiger partial charge in [-0.1, -0.05) is 25.2 Å². The van der Waals surface area contributed by atoms with E-state index in [4.69, 9.17) is 0 Å². The molecular weight excluding hydrogens is 262 g/mol. The van der Waals surface area contributed by atoms with Gasteiger partial charge in [0.1, 0.15) is 0 Å². The van der Waals surface area contributed by atoms with Crippen LogP contribution in [0.5, 0.6) is 0 Å². The largest absolute Gasteiger partial charge is 0.363 e. The summed E-state index contributed by atoms with van der Waals surface area (Å²) in [5.74, 6) is 0.258. The molecule has 2 aromatic heterocycles. The van der Waals surface area contributed by atoms with Gasteiger partial charge < -0.3 is 5.32 Å². The molecule has 7 heteroatoms.